The Morgan fingerprint density at radius 3 is 1.45 bits per heavy atom. The van der Waals surface area contributed by atoms with Gasteiger partial charge in [0.2, 0.25) is 0 Å². The molecule has 0 unspecified atom stereocenters. The predicted molar refractivity (Wildman–Crippen MR) is 210 cm³/mol. The van der Waals surface area contributed by atoms with E-state index in [1.54, 1.807) is 0 Å². The fourth-order valence-corrected chi connectivity index (χ4v) is 7.47. The minimum atomic E-state index is 0.641. The van der Waals surface area contributed by atoms with Gasteiger partial charge in [-0.1, -0.05) is 164 Å². The van der Waals surface area contributed by atoms with E-state index in [-0.39, 0.29) is 0 Å². The molecule has 0 bridgehead atoms. The highest BCUT2D eigenvalue weighted by atomic mass is 15.0. The van der Waals surface area contributed by atoms with Gasteiger partial charge in [0.05, 0.1) is 16.6 Å². The number of benzene rings is 7. The van der Waals surface area contributed by atoms with Crippen LogP contribution in [-0.4, -0.2) is 19.4 Å². The lowest BCUT2D eigenvalue weighted by Crippen LogP contribution is -2.00. The maximum Gasteiger partial charge on any atom is 0.164 e. The van der Waals surface area contributed by atoms with E-state index in [0.29, 0.717) is 17.5 Å². The normalized spacial score (nSPS) is 11.5. The summed E-state index contributed by atoms with van der Waals surface area (Å²) in [6.45, 7) is 0. The van der Waals surface area contributed by atoms with Crippen LogP contribution >= 0.6 is 0 Å². The number of nitrogens with zero attached hydrogens (tertiary/aromatic N) is 4. The first-order valence-electron chi connectivity index (χ1n) is 17.2. The smallest absolute Gasteiger partial charge is 0.164 e. The number of rotatable bonds is 5. The summed E-state index contributed by atoms with van der Waals surface area (Å²) in [5, 5.41) is 4.96. The largest absolute Gasteiger partial charge is 0.308 e. The molecule has 0 spiro atoms. The SMILES string of the molecule is c1ccc(-c2nc(-c3ccccc3)nc(-c3cccc(-c4ccc5c(-c6ccccc6)c6c7ccccc7c7ccccc7n6c5c4)c3)n2)cc1. The Morgan fingerprint density at radius 1 is 0.294 bits per heavy atom. The van der Waals surface area contributed by atoms with Crippen LogP contribution in [0.4, 0.5) is 0 Å². The molecular weight excluding hydrogens is 621 g/mol. The number of pyridine rings is 1. The molecule has 51 heavy (non-hydrogen) atoms. The lowest BCUT2D eigenvalue weighted by Gasteiger charge is -2.11. The summed E-state index contributed by atoms with van der Waals surface area (Å²) in [7, 11) is 0. The van der Waals surface area contributed by atoms with Gasteiger partial charge in [-0.25, -0.2) is 15.0 Å². The lowest BCUT2D eigenvalue weighted by molar-refractivity contribution is 1.07. The number of aromatic nitrogens is 4. The van der Waals surface area contributed by atoms with Crippen LogP contribution in [0.2, 0.25) is 0 Å². The Balaban J connectivity index is 1.20. The minimum Gasteiger partial charge on any atom is -0.308 e. The molecule has 0 fully saturated rings. The van der Waals surface area contributed by atoms with Crippen LogP contribution in [0.15, 0.2) is 182 Å². The highest BCUT2D eigenvalue weighted by Crippen LogP contribution is 2.43. The highest BCUT2D eigenvalue weighted by molar-refractivity contribution is 6.22. The van der Waals surface area contributed by atoms with Crippen LogP contribution < -0.4 is 0 Å². The van der Waals surface area contributed by atoms with Crippen LogP contribution in [0.1, 0.15) is 0 Å². The Kier molecular flexibility index (Phi) is 6.78. The zero-order valence-corrected chi connectivity index (χ0v) is 27.6. The van der Waals surface area contributed by atoms with Crippen molar-refractivity contribution in [2.24, 2.45) is 0 Å². The molecule has 0 radical (unpaired) electrons. The second kappa shape index (κ2) is 11.9. The van der Waals surface area contributed by atoms with Gasteiger partial charge in [0.1, 0.15) is 0 Å². The summed E-state index contributed by atoms with van der Waals surface area (Å²) < 4.78 is 2.47. The number of hydrogen-bond acceptors (Lipinski definition) is 3. The average Bonchev–Trinajstić information content (AvgIpc) is 3.57. The van der Waals surface area contributed by atoms with E-state index in [4.69, 9.17) is 15.0 Å². The van der Waals surface area contributed by atoms with Crippen molar-refractivity contribution in [1.82, 2.24) is 19.4 Å². The van der Waals surface area contributed by atoms with Crippen LogP contribution in [0.25, 0.3) is 94.5 Å². The quantitative estimate of drug-likeness (QED) is 0.174. The van der Waals surface area contributed by atoms with E-state index < -0.39 is 0 Å². The van der Waals surface area contributed by atoms with E-state index >= 15 is 0 Å². The molecule has 0 aliphatic carbocycles. The fraction of sp³-hybridized carbons (Fsp3) is 0. The van der Waals surface area contributed by atoms with Gasteiger partial charge in [0, 0.05) is 38.4 Å². The second-order valence-electron chi connectivity index (χ2n) is 12.8. The predicted octanol–water partition coefficient (Wildman–Crippen LogP) is 11.9. The van der Waals surface area contributed by atoms with Gasteiger partial charge < -0.3 is 4.40 Å². The summed E-state index contributed by atoms with van der Waals surface area (Å²) in [6, 6.07) is 64.0. The fourth-order valence-electron chi connectivity index (χ4n) is 7.47. The monoisotopic (exact) mass is 650 g/mol. The molecule has 0 N–H and O–H groups in total. The zero-order chi connectivity index (χ0) is 33.7. The van der Waals surface area contributed by atoms with Crippen molar-refractivity contribution in [2.75, 3.05) is 0 Å². The van der Waals surface area contributed by atoms with Crippen molar-refractivity contribution in [2.45, 2.75) is 0 Å². The third-order valence-corrected chi connectivity index (χ3v) is 9.80. The molecule has 0 aliphatic heterocycles. The number of fused-ring (bicyclic) bond motifs is 8. The summed E-state index contributed by atoms with van der Waals surface area (Å²) in [5.74, 6) is 1.94. The molecule has 0 aliphatic rings. The van der Waals surface area contributed by atoms with Gasteiger partial charge >= 0.3 is 0 Å². The molecule has 7 aromatic carbocycles. The molecule has 0 saturated carbocycles. The van der Waals surface area contributed by atoms with E-state index in [1.807, 2.05) is 60.7 Å². The van der Waals surface area contributed by atoms with Gasteiger partial charge in [0.25, 0.3) is 0 Å². The Labute approximate surface area is 295 Å². The summed E-state index contributed by atoms with van der Waals surface area (Å²) >= 11 is 0. The Hall–Kier alpha value is -6.91. The Morgan fingerprint density at radius 2 is 0.784 bits per heavy atom. The van der Waals surface area contributed by atoms with Crippen molar-refractivity contribution in [3.8, 4) is 56.4 Å². The molecule has 3 heterocycles. The van der Waals surface area contributed by atoms with Crippen molar-refractivity contribution < 1.29 is 0 Å². The van der Waals surface area contributed by atoms with Crippen LogP contribution in [-0.2, 0) is 0 Å². The van der Waals surface area contributed by atoms with Gasteiger partial charge in [-0.2, -0.15) is 0 Å². The van der Waals surface area contributed by atoms with E-state index in [1.165, 1.54) is 49.2 Å². The van der Waals surface area contributed by atoms with E-state index in [0.717, 1.165) is 27.8 Å². The van der Waals surface area contributed by atoms with Crippen molar-refractivity contribution in [1.29, 1.82) is 0 Å². The first-order valence-corrected chi connectivity index (χ1v) is 17.2. The molecule has 0 amide bonds. The van der Waals surface area contributed by atoms with Gasteiger partial charge in [0.15, 0.2) is 17.5 Å². The molecule has 10 rings (SSSR count). The first kappa shape index (κ1) is 29.0. The minimum absolute atomic E-state index is 0.641. The third kappa shape index (κ3) is 4.88. The van der Waals surface area contributed by atoms with Crippen LogP contribution in [0.5, 0.6) is 0 Å². The molecule has 4 heteroatoms. The van der Waals surface area contributed by atoms with Crippen LogP contribution in [0, 0.1) is 0 Å². The topological polar surface area (TPSA) is 43.1 Å². The molecule has 3 aromatic heterocycles. The molecule has 0 atom stereocenters. The third-order valence-electron chi connectivity index (χ3n) is 9.80. The van der Waals surface area contributed by atoms with Crippen molar-refractivity contribution in [3.63, 3.8) is 0 Å². The van der Waals surface area contributed by atoms with E-state index in [9.17, 15) is 0 Å². The van der Waals surface area contributed by atoms with Crippen molar-refractivity contribution in [3.05, 3.63) is 182 Å². The number of para-hydroxylation sites is 1. The van der Waals surface area contributed by atoms with Crippen LogP contribution in [0.3, 0.4) is 0 Å². The van der Waals surface area contributed by atoms with Gasteiger partial charge in [-0.15, -0.1) is 0 Å². The maximum atomic E-state index is 5.00. The molecule has 4 nitrogen and oxygen atoms in total. The summed E-state index contributed by atoms with van der Waals surface area (Å²) in [4.78, 5) is 14.9. The summed E-state index contributed by atoms with van der Waals surface area (Å²) in [6.07, 6.45) is 0. The standard InChI is InChI=1S/C47H30N4/c1-4-15-31(16-5-1)43-40-28-27-35(30-42(40)51-41-26-13-12-24-38(41)37-23-10-11-25-39(37)44(43)51)34-21-14-22-36(29-34)47-49-45(32-17-6-2-7-18-32)48-46(50-47)33-19-8-3-9-20-33/h1-30H. The van der Waals surface area contributed by atoms with E-state index in [2.05, 4.69) is 126 Å². The van der Waals surface area contributed by atoms with Crippen molar-refractivity contribution >= 4 is 38.1 Å². The zero-order valence-electron chi connectivity index (χ0n) is 27.6. The Bertz CT molecular complexity index is 2840. The molecule has 238 valence electrons. The second-order valence-corrected chi connectivity index (χ2v) is 12.8. The molecule has 10 aromatic rings. The highest BCUT2D eigenvalue weighted by Gasteiger charge is 2.20. The maximum absolute atomic E-state index is 5.00. The molecule has 0 saturated heterocycles. The molecular formula is C47H30N4. The van der Waals surface area contributed by atoms with Gasteiger partial charge in [-0.05, 0) is 40.3 Å². The first-order chi connectivity index (χ1) is 25.3. The number of hydrogen-bond donors (Lipinski definition) is 0. The average molecular weight is 651 g/mol. The lowest BCUT2D eigenvalue weighted by atomic mass is 9.97. The summed E-state index contributed by atoms with van der Waals surface area (Å²) in [5.41, 5.74) is 11.1. The van der Waals surface area contributed by atoms with Gasteiger partial charge in [-0.3, -0.25) is 0 Å².